The summed E-state index contributed by atoms with van der Waals surface area (Å²) >= 11 is 0. The second kappa shape index (κ2) is 5.05. The van der Waals surface area contributed by atoms with Crippen LogP contribution in [0.15, 0.2) is 24.3 Å². The molecule has 0 aliphatic carbocycles. The normalized spacial score (nSPS) is 13.2. The largest absolute Gasteiger partial charge is 0.396 e. The molecule has 0 heterocycles. The molecule has 78 valence electrons. The van der Waals surface area contributed by atoms with Crippen molar-refractivity contribution in [3.05, 3.63) is 35.4 Å². The van der Waals surface area contributed by atoms with Crippen molar-refractivity contribution in [3.63, 3.8) is 0 Å². The van der Waals surface area contributed by atoms with Crippen LogP contribution in [0.2, 0.25) is 0 Å². The number of aliphatic hydroxyl groups is 1. The van der Waals surface area contributed by atoms with Crippen molar-refractivity contribution in [1.82, 2.24) is 0 Å². The first kappa shape index (κ1) is 11.1. The smallest absolute Gasteiger partial charge is 0.263 e. The number of rotatable bonds is 4. The van der Waals surface area contributed by atoms with Gasteiger partial charge < -0.3 is 5.11 Å². The Morgan fingerprint density at radius 2 is 1.79 bits per heavy atom. The Morgan fingerprint density at radius 3 is 2.21 bits per heavy atom. The van der Waals surface area contributed by atoms with E-state index < -0.39 is 6.43 Å². The highest BCUT2D eigenvalue weighted by atomic mass is 19.3. The number of hydrogen-bond donors (Lipinski definition) is 1. The fourth-order valence-electron chi connectivity index (χ4n) is 1.27. The van der Waals surface area contributed by atoms with Crippen LogP contribution in [0.4, 0.5) is 8.78 Å². The van der Waals surface area contributed by atoms with E-state index in [0.29, 0.717) is 0 Å². The molecule has 0 saturated heterocycles. The van der Waals surface area contributed by atoms with Crippen LogP contribution in [-0.4, -0.2) is 11.7 Å². The van der Waals surface area contributed by atoms with Crippen molar-refractivity contribution in [1.29, 1.82) is 0 Å². The van der Waals surface area contributed by atoms with Crippen molar-refractivity contribution in [2.75, 3.05) is 6.61 Å². The molecule has 1 unspecified atom stereocenters. The van der Waals surface area contributed by atoms with E-state index in [-0.39, 0.29) is 18.1 Å². The minimum atomic E-state index is -2.40. The van der Waals surface area contributed by atoms with Crippen molar-refractivity contribution in [2.45, 2.75) is 19.8 Å². The van der Waals surface area contributed by atoms with E-state index in [1.54, 1.807) is 12.1 Å². The molecule has 0 bridgehead atoms. The summed E-state index contributed by atoms with van der Waals surface area (Å²) in [6.07, 6.45) is -1.68. The van der Waals surface area contributed by atoms with Crippen LogP contribution < -0.4 is 0 Å². The highest BCUT2D eigenvalue weighted by Gasteiger charge is 2.07. The van der Waals surface area contributed by atoms with Crippen LogP contribution in [0.5, 0.6) is 0 Å². The second-order valence-electron chi connectivity index (χ2n) is 3.53. The molecule has 0 spiro atoms. The molecule has 0 aliphatic heterocycles. The van der Waals surface area contributed by atoms with Gasteiger partial charge in [0.05, 0.1) is 0 Å². The lowest BCUT2D eigenvalue weighted by molar-refractivity contribution is 0.151. The maximum atomic E-state index is 12.2. The first-order valence-corrected chi connectivity index (χ1v) is 4.61. The quantitative estimate of drug-likeness (QED) is 0.792. The molecule has 1 nitrogen and oxygen atoms in total. The third-order valence-electron chi connectivity index (χ3n) is 2.13. The van der Waals surface area contributed by atoms with Gasteiger partial charge in [0.15, 0.2) is 0 Å². The maximum Gasteiger partial charge on any atom is 0.263 e. The average Bonchev–Trinajstić information content (AvgIpc) is 2.18. The lowest BCUT2D eigenvalue weighted by atomic mass is 10.0. The SMILES string of the molecule is CC(CO)Cc1ccc(C(F)F)cc1. The third kappa shape index (κ3) is 3.07. The summed E-state index contributed by atoms with van der Waals surface area (Å²) in [6.45, 7) is 2.04. The zero-order valence-corrected chi connectivity index (χ0v) is 8.08. The van der Waals surface area contributed by atoms with Crippen molar-refractivity contribution in [2.24, 2.45) is 5.92 Å². The van der Waals surface area contributed by atoms with Gasteiger partial charge >= 0.3 is 0 Å². The van der Waals surface area contributed by atoms with Crippen LogP contribution >= 0.6 is 0 Å². The molecule has 1 atom stereocenters. The number of halogens is 2. The predicted molar refractivity (Wildman–Crippen MR) is 51.4 cm³/mol. The topological polar surface area (TPSA) is 20.2 Å². The van der Waals surface area contributed by atoms with E-state index in [4.69, 9.17) is 5.11 Å². The van der Waals surface area contributed by atoms with Crippen molar-refractivity contribution < 1.29 is 13.9 Å². The van der Waals surface area contributed by atoms with Gasteiger partial charge in [0.1, 0.15) is 0 Å². The molecule has 0 saturated carbocycles. The molecule has 1 rings (SSSR count). The average molecular weight is 200 g/mol. The van der Waals surface area contributed by atoms with Crippen molar-refractivity contribution in [3.8, 4) is 0 Å². The molecule has 3 heteroatoms. The van der Waals surface area contributed by atoms with Crippen LogP contribution in [-0.2, 0) is 6.42 Å². The van der Waals surface area contributed by atoms with E-state index in [9.17, 15) is 8.78 Å². The Morgan fingerprint density at radius 1 is 1.21 bits per heavy atom. The molecule has 1 aromatic carbocycles. The maximum absolute atomic E-state index is 12.2. The number of aliphatic hydroxyl groups excluding tert-OH is 1. The summed E-state index contributed by atoms with van der Waals surface area (Å²) in [5, 5.41) is 8.82. The summed E-state index contributed by atoms with van der Waals surface area (Å²) in [5.74, 6) is 0.174. The Labute approximate surface area is 82.4 Å². The minimum Gasteiger partial charge on any atom is -0.396 e. The van der Waals surface area contributed by atoms with Gasteiger partial charge in [-0.1, -0.05) is 31.2 Å². The summed E-state index contributed by atoms with van der Waals surface area (Å²) in [6, 6.07) is 6.25. The number of alkyl halides is 2. The summed E-state index contributed by atoms with van der Waals surface area (Å²) in [5.41, 5.74) is 1.03. The predicted octanol–water partition coefficient (Wildman–Crippen LogP) is 2.80. The lowest BCUT2D eigenvalue weighted by Gasteiger charge is -2.08. The molecule has 0 amide bonds. The van der Waals surface area contributed by atoms with Gasteiger partial charge in [0.25, 0.3) is 6.43 Å². The standard InChI is InChI=1S/C11H14F2O/c1-8(7-14)6-9-2-4-10(5-3-9)11(12)13/h2-5,8,11,14H,6-7H2,1H3. The van der Waals surface area contributed by atoms with Gasteiger partial charge in [-0.2, -0.15) is 0 Å². The zero-order valence-electron chi connectivity index (χ0n) is 8.08. The fraction of sp³-hybridized carbons (Fsp3) is 0.455. The molecule has 0 fully saturated rings. The number of hydrogen-bond acceptors (Lipinski definition) is 1. The molecule has 1 aromatic rings. The van der Waals surface area contributed by atoms with Crippen molar-refractivity contribution >= 4 is 0 Å². The monoisotopic (exact) mass is 200 g/mol. The molecular formula is C11H14F2O. The second-order valence-corrected chi connectivity index (χ2v) is 3.53. The molecule has 0 aromatic heterocycles. The summed E-state index contributed by atoms with van der Waals surface area (Å²) < 4.78 is 24.4. The molecule has 0 radical (unpaired) electrons. The van der Waals surface area contributed by atoms with Crippen LogP contribution in [0, 0.1) is 5.92 Å². The van der Waals surface area contributed by atoms with E-state index in [0.717, 1.165) is 12.0 Å². The first-order chi connectivity index (χ1) is 6.63. The Kier molecular flexibility index (Phi) is 4.01. The molecule has 14 heavy (non-hydrogen) atoms. The lowest BCUT2D eigenvalue weighted by Crippen LogP contribution is -2.04. The first-order valence-electron chi connectivity index (χ1n) is 4.61. The Hall–Kier alpha value is -0.960. The van der Waals surface area contributed by atoms with E-state index in [2.05, 4.69) is 0 Å². The van der Waals surface area contributed by atoms with Crippen LogP contribution in [0.3, 0.4) is 0 Å². The Bertz CT molecular complexity index is 269. The highest BCUT2D eigenvalue weighted by molar-refractivity contribution is 5.23. The molecular weight excluding hydrogens is 186 g/mol. The fourth-order valence-corrected chi connectivity index (χ4v) is 1.27. The van der Waals surface area contributed by atoms with E-state index in [1.807, 2.05) is 6.92 Å². The van der Waals surface area contributed by atoms with E-state index in [1.165, 1.54) is 12.1 Å². The summed E-state index contributed by atoms with van der Waals surface area (Å²) in [7, 11) is 0. The molecule has 1 N–H and O–H groups in total. The Balaban J connectivity index is 2.64. The highest BCUT2D eigenvalue weighted by Crippen LogP contribution is 2.19. The van der Waals surface area contributed by atoms with Crippen LogP contribution in [0.25, 0.3) is 0 Å². The van der Waals surface area contributed by atoms with Crippen LogP contribution in [0.1, 0.15) is 24.5 Å². The third-order valence-corrected chi connectivity index (χ3v) is 2.13. The number of benzene rings is 1. The van der Waals surface area contributed by atoms with Gasteiger partial charge in [-0.3, -0.25) is 0 Å². The zero-order chi connectivity index (χ0) is 10.6. The van der Waals surface area contributed by atoms with Gasteiger partial charge in [-0.25, -0.2) is 8.78 Å². The summed E-state index contributed by atoms with van der Waals surface area (Å²) in [4.78, 5) is 0. The van der Waals surface area contributed by atoms with Gasteiger partial charge in [-0.05, 0) is 17.9 Å². The van der Waals surface area contributed by atoms with E-state index >= 15 is 0 Å². The molecule has 0 aliphatic rings. The minimum absolute atomic E-state index is 0.0467. The van der Waals surface area contributed by atoms with Gasteiger partial charge in [0.2, 0.25) is 0 Å². The van der Waals surface area contributed by atoms with Gasteiger partial charge in [-0.15, -0.1) is 0 Å². The van der Waals surface area contributed by atoms with Gasteiger partial charge in [0, 0.05) is 12.2 Å².